The van der Waals surface area contributed by atoms with Gasteiger partial charge in [-0.1, -0.05) is 75.8 Å². The van der Waals surface area contributed by atoms with Crippen LogP contribution < -0.4 is 0 Å². The molecule has 3 aliphatic rings. The second-order valence-electron chi connectivity index (χ2n) is 10.5. The molecular formula is C29H42F2O. The Morgan fingerprint density at radius 3 is 2.69 bits per heavy atom. The van der Waals surface area contributed by atoms with Gasteiger partial charge in [0.25, 0.3) is 0 Å². The van der Waals surface area contributed by atoms with Crippen LogP contribution in [0.15, 0.2) is 59.3 Å². The van der Waals surface area contributed by atoms with Crippen LogP contribution in [0, 0.1) is 17.3 Å². The first-order valence-corrected chi connectivity index (χ1v) is 12.6. The average molecular weight is 445 g/mol. The fourth-order valence-electron chi connectivity index (χ4n) is 6.12. The predicted molar refractivity (Wildman–Crippen MR) is 131 cm³/mol. The summed E-state index contributed by atoms with van der Waals surface area (Å²) in [4.78, 5) is 0. The molecule has 0 radical (unpaired) electrons. The smallest absolute Gasteiger partial charge is 0.128 e. The predicted octanol–water partition coefficient (Wildman–Crippen LogP) is 8.14. The van der Waals surface area contributed by atoms with Crippen molar-refractivity contribution in [3.8, 4) is 0 Å². The van der Waals surface area contributed by atoms with E-state index in [-0.39, 0.29) is 18.3 Å². The molecule has 3 aliphatic carbocycles. The molecule has 32 heavy (non-hydrogen) atoms. The van der Waals surface area contributed by atoms with Gasteiger partial charge in [-0.05, 0) is 73.3 Å². The van der Waals surface area contributed by atoms with E-state index >= 15 is 0 Å². The van der Waals surface area contributed by atoms with Crippen molar-refractivity contribution in [2.24, 2.45) is 17.3 Å². The Kier molecular flexibility index (Phi) is 8.02. The molecule has 0 aromatic heterocycles. The van der Waals surface area contributed by atoms with E-state index in [0.29, 0.717) is 17.4 Å². The molecule has 0 heterocycles. The maximum atomic E-state index is 14.0. The molecular weight excluding hydrogens is 402 g/mol. The number of aliphatic hydroxyl groups is 1. The molecule has 2 saturated carbocycles. The highest BCUT2D eigenvalue weighted by molar-refractivity contribution is 5.40. The van der Waals surface area contributed by atoms with E-state index in [1.165, 1.54) is 17.6 Å². The largest absolute Gasteiger partial charge is 0.386 e. The minimum absolute atomic E-state index is 0.0546. The molecule has 0 bridgehead atoms. The highest BCUT2D eigenvalue weighted by Crippen LogP contribution is 2.57. The summed E-state index contributed by atoms with van der Waals surface area (Å²) in [5.74, 6) is 0.909. The quantitative estimate of drug-likeness (QED) is 0.393. The van der Waals surface area contributed by atoms with Gasteiger partial charge in [0.1, 0.15) is 12.3 Å². The second-order valence-corrected chi connectivity index (χ2v) is 10.5. The number of rotatable bonds is 7. The molecule has 0 aromatic carbocycles. The zero-order valence-corrected chi connectivity index (χ0v) is 20.5. The van der Waals surface area contributed by atoms with Crippen LogP contribution in [0.5, 0.6) is 0 Å². The highest BCUT2D eigenvalue weighted by Gasteiger charge is 2.45. The van der Waals surface area contributed by atoms with Crippen LogP contribution in [0.4, 0.5) is 8.78 Å². The van der Waals surface area contributed by atoms with Crippen LogP contribution in [-0.4, -0.2) is 23.1 Å². The van der Waals surface area contributed by atoms with E-state index in [4.69, 9.17) is 0 Å². The van der Waals surface area contributed by atoms with Crippen molar-refractivity contribution in [3.05, 3.63) is 59.3 Å². The van der Waals surface area contributed by atoms with Gasteiger partial charge in [-0.15, -0.1) is 0 Å². The lowest BCUT2D eigenvalue weighted by molar-refractivity contribution is 0.0824. The van der Waals surface area contributed by atoms with Crippen LogP contribution in [-0.2, 0) is 0 Å². The lowest BCUT2D eigenvalue weighted by Crippen LogP contribution is -2.32. The summed E-state index contributed by atoms with van der Waals surface area (Å²) in [7, 11) is 0. The van der Waals surface area contributed by atoms with E-state index in [2.05, 4.69) is 38.7 Å². The number of fused-ring (bicyclic) bond motifs is 1. The van der Waals surface area contributed by atoms with Crippen LogP contribution in [0.1, 0.15) is 85.5 Å². The topological polar surface area (TPSA) is 20.2 Å². The number of hydrogen-bond acceptors (Lipinski definition) is 1. The average Bonchev–Trinajstić information content (AvgIpc) is 3.12. The molecule has 178 valence electrons. The molecule has 5 atom stereocenters. The van der Waals surface area contributed by atoms with Crippen LogP contribution in [0.2, 0.25) is 0 Å². The van der Waals surface area contributed by atoms with Gasteiger partial charge < -0.3 is 5.11 Å². The minimum atomic E-state index is -1.26. The van der Waals surface area contributed by atoms with E-state index in [1.807, 2.05) is 26.0 Å². The van der Waals surface area contributed by atoms with Gasteiger partial charge in [0.05, 0.1) is 5.60 Å². The van der Waals surface area contributed by atoms with Crippen molar-refractivity contribution in [1.82, 2.24) is 0 Å². The highest BCUT2D eigenvalue weighted by atomic mass is 19.1. The van der Waals surface area contributed by atoms with E-state index < -0.39 is 17.9 Å². The van der Waals surface area contributed by atoms with Gasteiger partial charge in [-0.3, -0.25) is 0 Å². The molecule has 0 spiro atoms. The number of hydrogen-bond donors (Lipinski definition) is 1. The number of halogens is 2. The van der Waals surface area contributed by atoms with E-state index in [9.17, 15) is 13.9 Å². The van der Waals surface area contributed by atoms with E-state index in [0.717, 1.165) is 44.1 Å². The third kappa shape index (κ3) is 5.19. The first-order valence-electron chi connectivity index (χ1n) is 12.6. The summed E-state index contributed by atoms with van der Waals surface area (Å²) in [6.07, 6.45) is 15.4. The summed E-state index contributed by atoms with van der Waals surface area (Å²) in [5, 5.41) is 10.5. The Hall–Kier alpha value is -1.48. The molecule has 5 unspecified atom stereocenters. The van der Waals surface area contributed by atoms with Gasteiger partial charge in [-0.25, -0.2) is 8.78 Å². The first kappa shape index (κ1) is 25.1. The van der Waals surface area contributed by atoms with Crippen molar-refractivity contribution >= 4 is 0 Å². The van der Waals surface area contributed by atoms with Crippen LogP contribution in [0.25, 0.3) is 0 Å². The molecule has 0 saturated heterocycles. The fraction of sp³-hybridized carbons (Fsp3) is 0.655. The molecule has 2 fully saturated rings. The Morgan fingerprint density at radius 1 is 1.28 bits per heavy atom. The van der Waals surface area contributed by atoms with Crippen molar-refractivity contribution in [2.45, 2.75) is 103 Å². The lowest BCUT2D eigenvalue weighted by atomic mass is 9.62. The summed E-state index contributed by atoms with van der Waals surface area (Å²) >= 11 is 0. The maximum absolute atomic E-state index is 14.0. The van der Waals surface area contributed by atoms with E-state index in [1.54, 1.807) is 0 Å². The SMILES string of the molecule is C=C1/C(=C/C=C2/CCCC3(C)C(C(C)C/C=C/C(O)(CC)CC)=CCC23)CC(F)CC1F. The Labute approximate surface area is 194 Å². The third-order valence-electron chi connectivity index (χ3n) is 8.48. The molecule has 0 amide bonds. The van der Waals surface area contributed by atoms with Crippen molar-refractivity contribution < 1.29 is 13.9 Å². The van der Waals surface area contributed by atoms with Gasteiger partial charge in [0.15, 0.2) is 0 Å². The minimum Gasteiger partial charge on any atom is -0.386 e. The summed E-state index contributed by atoms with van der Waals surface area (Å²) in [6.45, 7) is 12.6. The van der Waals surface area contributed by atoms with Gasteiger partial charge in [0.2, 0.25) is 0 Å². The van der Waals surface area contributed by atoms with Crippen molar-refractivity contribution in [2.75, 3.05) is 0 Å². The standard InChI is InChI=1S/C29H42F2O/c1-6-29(32,7-2)17-8-10-20(3)25-14-15-26-22(11-9-16-28(25,26)5)12-13-23-18-24(30)19-27(31)21(23)4/h8,12-14,17,20,24,26-27,32H,4,6-7,9-11,15-16,18-19H2,1-3,5H3/b17-8+,22-12-,23-13+. The van der Waals surface area contributed by atoms with Crippen LogP contribution in [0.3, 0.4) is 0 Å². The third-order valence-corrected chi connectivity index (χ3v) is 8.48. The summed E-state index contributed by atoms with van der Waals surface area (Å²) in [6, 6.07) is 0. The van der Waals surface area contributed by atoms with Gasteiger partial charge >= 0.3 is 0 Å². The second kappa shape index (κ2) is 10.2. The molecule has 1 N–H and O–H groups in total. The molecule has 3 heteroatoms. The van der Waals surface area contributed by atoms with Crippen molar-refractivity contribution in [3.63, 3.8) is 0 Å². The maximum Gasteiger partial charge on any atom is 0.128 e. The summed E-state index contributed by atoms with van der Waals surface area (Å²) in [5.41, 5.74) is 3.60. The number of allylic oxidation sites excluding steroid dienone is 8. The molecule has 0 aromatic rings. The van der Waals surface area contributed by atoms with Gasteiger partial charge in [0, 0.05) is 12.8 Å². The van der Waals surface area contributed by atoms with Crippen molar-refractivity contribution in [1.29, 1.82) is 0 Å². The monoisotopic (exact) mass is 444 g/mol. The number of alkyl halides is 2. The Morgan fingerprint density at radius 2 is 2.00 bits per heavy atom. The first-order chi connectivity index (χ1) is 15.1. The zero-order valence-electron chi connectivity index (χ0n) is 20.5. The molecule has 1 nitrogen and oxygen atoms in total. The fourth-order valence-corrected chi connectivity index (χ4v) is 6.12. The molecule has 0 aliphatic heterocycles. The van der Waals surface area contributed by atoms with Crippen LogP contribution >= 0.6 is 0 Å². The molecule has 3 rings (SSSR count). The normalized spacial score (nSPS) is 34.9. The Balaban J connectivity index is 1.73. The summed E-state index contributed by atoms with van der Waals surface area (Å²) < 4.78 is 27.9. The Bertz CT molecular complexity index is 813. The van der Waals surface area contributed by atoms with Gasteiger partial charge in [-0.2, -0.15) is 0 Å². The lowest BCUT2D eigenvalue weighted by Gasteiger charge is -2.42. The zero-order chi connectivity index (χ0) is 23.5.